The minimum Gasteiger partial charge on any atom is -0.481 e. The summed E-state index contributed by atoms with van der Waals surface area (Å²) in [6.45, 7) is -0.437. The van der Waals surface area contributed by atoms with Gasteiger partial charge < -0.3 is 10.1 Å². The van der Waals surface area contributed by atoms with E-state index in [1.54, 1.807) is 25.2 Å². The Kier molecular flexibility index (Phi) is 6.87. The van der Waals surface area contributed by atoms with Crippen molar-refractivity contribution in [2.75, 3.05) is 19.0 Å². The number of anilines is 1. The normalized spacial score (nSPS) is 15.3. The van der Waals surface area contributed by atoms with Gasteiger partial charge in [0.1, 0.15) is 4.90 Å². The van der Waals surface area contributed by atoms with Crippen molar-refractivity contribution < 1.29 is 22.3 Å². The van der Waals surface area contributed by atoms with Crippen LogP contribution in [0.25, 0.3) is 0 Å². The number of para-hydroxylation sites is 2. The van der Waals surface area contributed by atoms with Gasteiger partial charge in [0.15, 0.2) is 18.2 Å². The van der Waals surface area contributed by atoms with Crippen LogP contribution in [0.2, 0.25) is 0 Å². The highest BCUT2D eigenvalue weighted by Gasteiger charge is 2.31. The number of amides is 1. The van der Waals surface area contributed by atoms with Crippen LogP contribution in [-0.2, 0) is 14.8 Å². The van der Waals surface area contributed by atoms with Crippen molar-refractivity contribution in [3.8, 4) is 5.75 Å². The molecule has 1 aliphatic rings. The molecular formula is C21H25FN2O4S. The minimum absolute atomic E-state index is 0.0346. The molecule has 1 aliphatic carbocycles. The zero-order valence-electron chi connectivity index (χ0n) is 16.3. The number of hydrogen-bond donors (Lipinski definition) is 1. The zero-order valence-corrected chi connectivity index (χ0v) is 17.1. The lowest BCUT2D eigenvalue weighted by Crippen LogP contribution is -2.38. The molecule has 0 aliphatic heterocycles. The molecule has 0 saturated heterocycles. The molecule has 2 aromatic rings. The van der Waals surface area contributed by atoms with E-state index in [-0.39, 0.29) is 22.4 Å². The smallest absolute Gasteiger partial charge is 0.262 e. The Labute approximate surface area is 170 Å². The van der Waals surface area contributed by atoms with E-state index in [9.17, 15) is 17.6 Å². The summed E-state index contributed by atoms with van der Waals surface area (Å²) < 4.78 is 46.5. The molecule has 1 N–H and O–H groups in total. The predicted molar refractivity (Wildman–Crippen MR) is 109 cm³/mol. The molecule has 2 aromatic carbocycles. The SMILES string of the molecule is CN(C1CCCCC1)S(=O)(=O)c1ccccc1NC(=O)COc1ccccc1F. The number of carbonyl (C=O) groups excluding carboxylic acids is 1. The number of nitrogens with zero attached hydrogens (tertiary/aromatic N) is 1. The van der Waals surface area contributed by atoms with E-state index >= 15 is 0 Å². The summed E-state index contributed by atoms with van der Waals surface area (Å²) in [5, 5.41) is 2.57. The van der Waals surface area contributed by atoms with Crippen molar-refractivity contribution in [2.24, 2.45) is 0 Å². The predicted octanol–water partition coefficient (Wildman–Crippen LogP) is 3.80. The van der Waals surface area contributed by atoms with Crippen molar-refractivity contribution in [3.63, 3.8) is 0 Å². The van der Waals surface area contributed by atoms with E-state index in [4.69, 9.17) is 4.74 Å². The lowest BCUT2D eigenvalue weighted by Gasteiger charge is -2.30. The van der Waals surface area contributed by atoms with Gasteiger partial charge in [-0.3, -0.25) is 4.79 Å². The van der Waals surface area contributed by atoms with Crippen molar-refractivity contribution in [2.45, 2.75) is 43.0 Å². The van der Waals surface area contributed by atoms with E-state index in [2.05, 4.69) is 5.32 Å². The Hall–Kier alpha value is -2.45. The molecule has 0 bridgehead atoms. The maximum Gasteiger partial charge on any atom is 0.262 e. The second-order valence-corrected chi connectivity index (χ2v) is 9.04. The third-order valence-corrected chi connectivity index (χ3v) is 7.07. The van der Waals surface area contributed by atoms with Crippen molar-refractivity contribution in [1.29, 1.82) is 0 Å². The quantitative estimate of drug-likeness (QED) is 0.739. The van der Waals surface area contributed by atoms with Crippen LogP contribution in [0, 0.1) is 5.82 Å². The average Bonchev–Trinajstić information content (AvgIpc) is 2.73. The molecule has 29 heavy (non-hydrogen) atoms. The summed E-state index contributed by atoms with van der Waals surface area (Å²) in [6.07, 6.45) is 4.81. The van der Waals surface area contributed by atoms with Crippen LogP contribution in [0.15, 0.2) is 53.4 Å². The number of carbonyl (C=O) groups is 1. The van der Waals surface area contributed by atoms with Crippen LogP contribution < -0.4 is 10.1 Å². The van der Waals surface area contributed by atoms with Gasteiger partial charge in [-0.25, -0.2) is 12.8 Å². The highest BCUT2D eigenvalue weighted by Crippen LogP contribution is 2.29. The lowest BCUT2D eigenvalue weighted by atomic mass is 9.96. The van der Waals surface area contributed by atoms with E-state index in [1.165, 1.54) is 34.6 Å². The molecular weight excluding hydrogens is 395 g/mol. The first-order chi connectivity index (χ1) is 13.9. The molecule has 1 fully saturated rings. The zero-order chi connectivity index (χ0) is 20.9. The topological polar surface area (TPSA) is 75.7 Å². The molecule has 0 heterocycles. The molecule has 1 saturated carbocycles. The van der Waals surface area contributed by atoms with Crippen molar-refractivity contribution in [1.82, 2.24) is 4.31 Å². The molecule has 0 aromatic heterocycles. The Morgan fingerprint density at radius 3 is 2.48 bits per heavy atom. The van der Waals surface area contributed by atoms with Crippen LogP contribution in [0.4, 0.5) is 10.1 Å². The molecule has 0 atom stereocenters. The number of benzene rings is 2. The largest absolute Gasteiger partial charge is 0.481 e. The van der Waals surface area contributed by atoms with Crippen LogP contribution in [-0.4, -0.2) is 38.3 Å². The molecule has 6 nitrogen and oxygen atoms in total. The Morgan fingerprint density at radius 2 is 1.76 bits per heavy atom. The number of rotatable bonds is 7. The van der Waals surface area contributed by atoms with Gasteiger partial charge in [-0.1, -0.05) is 43.5 Å². The number of hydrogen-bond acceptors (Lipinski definition) is 4. The third-order valence-electron chi connectivity index (χ3n) is 5.10. The van der Waals surface area contributed by atoms with Gasteiger partial charge in [0.25, 0.3) is 5.91 Å². The Bertz CT molecular complexity index is 959. The third kappa shape index (κ3) is 5.13. The van der Waals surface area contributed by atoms with E-state index in [0.29, 0.717) is 0 Å². The van der Waals surface area contributed by atoms with Gasteiger partial charge in [-0.05, 0) is 37.1 Å². The number of nitrogens with one attached hydrogen (secondary N) is 1. The molecule has 8 heteroatoms. The summed E-state index contributed by atoms with van der Waals surface area (Å²) >= 11 is 0. The van der Waals surface area contributed by atoms with Crippen LogP contribution in [0.3, 0.4) is 0 Å². The number of sulfonamides is 1. The highest BCUT2D eigenvalue weighted by atomic mass is 32.2. The van der Waals surface area contributed by atoms with E-state index < -0.39 is 28.4 Å². The molecule has 156 valence electrons. The van der Waals surface area contributed by atoms with Crippen molar-refractivity contribution in [3.05, 3.63) is 54.3 Å². The average molecular weight is 421 g/mol. The standard InChI is InChI=1S/C21H25FN2O4S/c1-24(16-9-3-2-4-10-16)29(26,27)20-14-8-6-12-18(20)23-21(25)15-28-19-13-7-5-11-17(19)22/h5-8,11-14,16H,2-4,9-10,15H2,1H3,(H,23,25). The second kappa shape index (κ2) is 9.37. The van der Waals surface area contributed by atoms with E-state index in [1.807, 2.05) is 0 Å². The fourth-order valence-electron chi connectivity index (χ4n) is 3.48. The van der Waals surface area contributed by atoms with Crippen LogP contribution in [0.5, 0.6) is 5.75 Å². The molecule has 0 unspecified atom stereocenters. The number of halogens is 1. The maximum absolute atomic E-state index is 13.6. The fraction of sp³-hybridized carbons (Fsp3) is 0.381. The van der Waals surface area contributed by atoms with Crippen LogP contribution in [0.1, 0.15) is 32.1 Å². The van der Waals surface area contributed by atoms with Gasteiger partial charge in [0, 0.05) is 13.1 Å². The lowest BCUT2D eigenvalue weighted by molar-refractivity contribution is -0.118. The highest BCUT2D eigenvalue weighted by molar-refractivity contribution is 7.89. The van der Waals surface area contributed by atoms with Gasteiger partial charge in [-0.15, -0.1) is 0 Å². The summed E-state index contributed by atoms with van der Waals surface area (Å²) in [6, 6.07) is 12.0. The van der Waals surface area contributed by atoms with E-state index in [0.717, 1.165) is 32.1 Å². The first kappa shape index (κ1) is 21.3. The monoisotopic (exact) mass is 420 g/mol. The Balaban J connectivity index is 1.72. The van der Waals surface area contributed by atoms with Gasteiger partial charge >= 0.3 is 0 Å². The second-order valence-electron chi connectivity index (χ2n) is 7.08. The fourth-order valence-corrected chi connectivity index (χ4v) is 5.04. The van der Waals surface area contributed by atoms with Crippen LogP contribution >= 0.6 is 0 Å². The summed E-state index contributed by atoms with van der Waals surface area (Å²) in [4.78, 5) is 12.3. The van der Waals surface area contributed by atoms with Gasteiger partial charge in [0.05, 0.1) is 5.69 Å². The first-order valence-corrected chi connectivity index (χ1v) is 11.1. The molecule has 1 amide bonds. The maximum atomic E-state index is 13.6. The van der Waals surface area contributed by atoms with Gasteiger partial charge in [0.2, 0.25) is 10.0 Å². The molecule has 3 rings (SSSR count). The Morgan fingerprint density at radius 1 is 1.10 bits per heavy atom. The molecule has 0 spiro atoms. The van der Waals surface area contributed by atoms with Crippen molar-refractivity contribution >= 4 is 21.6 Å². The number of ether oxygens (including phenoxy) is 1. The summed E-state index contributed by atoms with van der Waals surface area (Å²) in [7, 11) is -2.18. The van der Waals surface area contributed by atoms with Gasteiger partial charge in [-0.2, -0.15) is 4.31 Å². The molecule has 0 radical (unpaired) electrons. The summed E-state index contributed by atoms with van der Waals surface area (Å²) in [5.74, 6) is -1.19. The summed E-state index contributed by atoms with van der Waals surface area (Å²) in [5.41, 5.74) is 0.178. The first-order valence-electron chi connectivity index (χ1n) is 9.64. The minimum atomic E-state index is -3.77.